The van der Waals surface area contributed by atoms with E-state index in [1.54, 1.807) is 0 Å². The smallest absolute Gasteiger partial charge is 0.0218 e. The van der Waals surface area contributed by atoms with Crippen LogP contribution in [0.15, 0.2) is 48.1 Å². The monoisotopic (exact) mass is 411 g/mol. The van der Waals surface area contributed by atoms with Crippen LogP contribution >= 0.6 is 0 Å². The van der Waals surface area contributed by atoms with Gasteiger partial charge in [-0.1, -0.05) is 112 Å². The summed E-state index contributed by atoms with van der Waals surface area (Å²) in [5.41, 5.74) is 13.2. The van der Waals surface area contributed by atoms with Crippen molar-refractivity contribution in [2.75, 3.05) is 0 Å². The van der Waals surface area contributed by atoms with E-state index in [0.29, 0.717) is 5.92 Å². The molecule has 0 fully saturated rings. The molecule has 0 bridgehead atoms. The van der Waals surface area contributed by atoms with Crippen molar-refractivity contribution in [2.45, 2.75) is 80.1 Å². The first-order chi connectivity index (χ1) is 14.2. The summed E-state index contributed by atoms with van der Waals surface area (Å²) in [7, 11) is 0. The first kappa shape index (κ1) is 22.1. The zero-order valence-electron chi connectivity index (χ0n) is 21.2. The lowest BCUT2D eigenvalue weighted by Gasteiger charge is -2.27. The number of allylic oxidation sites excluding steroid dienone is 4. The topological polar surface area (TPSA) is 0 Å². The quantitative estimate of drug-likeness (QED) is 0.375. The molecule has 1 atom stereocenters. The maximum Gasteiger partial charge on any atom is 0.0218 e. The highest BCUT2D eigenvalue weighted by Crippen LogP contribution is 2.49. The van der Waals surface area contributed by atoms with E-state index in [4.69, 9.17) is 0 Å². The van der Waals surface area contributed by atoms with Gasteiger partial charge in [-0.05, 0) is 66.3 Å². The van der Waals surface area contributed by atoms with E-state index in [1.807, 2.05) is 0 Å². The van der Waals surface area contributed by atoms with Gasteiger partial charge in [-0.3, -0.25) is 0 Å². The van der Waals surface area contributed by atoms with Crippen LogP contribution in [-0.2, 0) is 10.8 Å². The van der Waals surface area contributed by atoms with Crippen LogP contribution in [-0.4, -0.2) is 0 Å². The van der Waals surface area contributed by atoms with E-state index in [1.165, 1.54) is 50.1 Å². The average molecular weight is 412 g/mol. The molecule has 0 aromatic heterocycles. The van der Waals surface area contributed by atoms with Crippen LogP contribution in [0, 0.1) is 17.8 Å². The zero-order chi connectivity index (χ0) is 22.9. The van der Waals surface area contributed by atoms with Gasteiger partial charge in [0.15, 0.2) is 0 Å². The highest BCUT2D eigenvalue weighted by molar-refractivity contribution is 5.90. The largest absolute Gasteiger partial charge is 0.0735 e. The maximum atomic E-state index is 2.48. The van der Waals surface area contributed by atoms with Crippen molar-refractivity contribution in [3.63, 3.8) is 0 Å². The lowest BCUT2D eigenvalue weighted by atomic mass is 9.77. The number of benzene rings is 2. The number of hydrogen-bond acceptors (Lipinski definition) is 0. The van der Waals surface area contributed by atoms with Crippen molar-refractivity contribution in [3.05, 3.63) is 82.3 Å². The van der Waals surface area contributed by atoms with Gasteiger partial charge in [0.2, 0.25) is 0 Å². The summed E-state index contributed by atoms with van der Waals surface area (Å²) in [6.45, 7) is 23.2. The molecule has 4 rings (SSSR count). The van der Waals surface area contributed by atoms with Crippen LogP contribution < -0.4 is 0 Å². The van der Waals surface area contributed by atoms with Crippen LogP contribution in [0.2, 0.25) is 0 Å². The Labute approximate surface area is 190 Å². The lowest BCUT2D eigenvalue weighted by molar-refractivity contribution is 0.516. The van der Waals surface area contributed by atoms with Gasteiger partial charge in [-0.15, -0.1) is 0 Å². The Morgan fingerprint density at radius 3 is 1.90 bits per heavy atom. The molecule has 0 N–H and O–H groups in total. The Bertz CT molecular complexity index is 1100. The van der Waals surface area contributed by atoms with E-state index in [-0.39, 0.29) is 16.2 Å². The number of hydrogen-bond donors (Lipinski definition) is 0. The fourth-order valence-electron chi connectivity index (χ4n) is 4.96. The molecule has 0 heterocycles. The van der Waals surface area contributed by atoms with Crippen molar-refractivity contribution >= 4 is 5.57 Å². The number of fused-ring (bicyclic) bond motifs is 3. The Morgan fingerprint density at radius 1 is 0.710 bits per heavy atom. The molecule has 2 aliphatic rings. The van der Waals surface area contributed by atoms with Gasteiger partial charge in [-0.25, -0.2) is 0 Å². The Kier molecular flexibility index (Phi) is 4.97. The van der Waals surface area contributed by atoms with Crippen LogP contribution in [0.1, 0.15) is 97.1 Å². The van der Waals surface area contributed by atoms with Crippen molar-refractivity contribution in [3.8, 4) is 11.1 Å². The van der Waals surface area contributed by atoms with Gasteiger partial charge in [0, 0.05) is 12.3 Å². The summed E-state index contributed by atoms with van der Waals surface area (Å²) in [5, 5.41) is 0. The molecule has 0 saturated carbocycles. The van der Waals surface area contributed by atoms with Crippen LogP contribution in [0.5, 0.6) is 0 Å². The summed E-state index contributed by atoms with van der Waals surface area (Å²) in [6, 6.07) is 11.8. The minimum absolute atomic E-state index is 0.0919. The van der Waals surface area contributed by atoms with E-state index < -0.39 is 0 Å². The second-order valence-electron chi connectivity index (χ2n) is 12.7. The molecule has 1 unspecified atom stereocenters. The van der Waals surface area contributed by atoms with Crippen LogP contribution in [0.3, 0.4) is 0 Å². The highest BCUT2D eigenvalue weighted by Gasteiger charge is 2.33. The SMILES string of the molecule is CC1C=C(C(C)(C)C)C=C1c1c(C(C)(C)C)ccc2c1[CH]c1cc(C(C)(C)C)ccc1-2. The summed E-state index contributed by atoms with van der Waals surface area (Å²) in [5.74, 6) is 0.434. The summed E-state index contributed by atoms with van der Waals surface area (Å²) in [4.78, 5) is 0. The van der Waals surface area contributed by atoms with Crippen LogP contribution in [0.4, 0.5) is 0 Å². The maximum absolute atomic E-state index is 2.48. The number of rotatable bonds is 1. The standard InChI is InChI=1S/C31H39/c1-19-15-22(30(5,6)7)18-25(19)28-26-17-20-16-21(29(2,3)4)11-12-23(20)24(26)13-14-27(28)31(8,9)10/h11-19H,1-10H3. The summed E-state index contributed by atoms with van der Waals surface area (Å²) >= 11 is 0. The molecule has 0 heteroatoms. The molecule has 31 heavy (non-hydrogen) atoms. The first-order valence-corrected chi connectivity index (χ1v) is 11.8. The fraction of sp³-hybridized carbons (Fsp3) is 0.452. The van der Waals surface area contributed by atoms with E-state index in [2.05, 4.69) is 118 Å². The predicted molar refractivity (Wildman–Crippen MR) is 136 cm³/mol. The van der Waals surface area contributed by atoms with Gasteiger partial charge < -0.3 is 0 Å². The van der Waals surface area contributed by atoms with Gasteiger partial charge in [0.25, 0.3) is 0 Å². The Hall–Kier alpha value is -2.08. The van der Waals surface area contributed by atoms with E-state index in [0.717, 1.165) is 0 Å². The minimum atomic E-state index is 0.0919. The molecule has 0 nitrogen and oxygen atoms in total. The Balaban J connectivity index is 1.92. The van der Waals surface area contributed by atoms with Crippen molar-refractivity contribution in [1.29, 1.82) is 0 Å². The Morgan fingerprint density at radius 2 is 1.35 bits per heavy atom. The van der Waals surface area contributed by atoms with E-state index >= 15 is 0 Å². The molecule has 0 spiro atoms. The molecule has 0 saturated heterocycles. The van der Waals surface area contributed by atoms with Gasteiger partial charge in [0.05, 0.1) is 0 Å². The first-order valence-electron chi connectivity index (χ1n) is 11.8. The van der Waals surface area contributed by atoms with Gasteiger partial charge in [0.1, 0.15) is 0 Å². The molecule has 0 amide bonds. The van der Waals surface area contributed by atoms with Gasteiger partial charge in [-0.2, -0.15) is 0 Å². The molecule has 2 aliphatic carbocycles. The third-order valence-electron chi connectivity index (χ3n) is 6.95. The molecular weight excluding hydrogens is 372 g/mol. The third kappa shape index (κ3) is 3.84. The fourth-order valence-corrected chi connectivity index (χ4v) is 4.96. The van der Waals surface area contributed by atoms with Crippen molar-refractivity contribution in [2.24, 2.45) is 11.3 Å². The van der Waals surface area contributed by atoms with Crippen molar-refractivity contribution < 1.29 is 0 Å². The molecule has 2 aromatic rings. The molecule has 0 aliphatic heterocycles. The zero-order valence-corrected chi connectivity index (χ0v) is 21.2. The average Bonchev–Trinajstić information content (AvgIpc) is 3.19. The second kappa shape index (κ2) is 6.96. The third-order valence-corrected chi connectivity index (χ3v) is 6.95. The van der Waals surface area contributed by atoms with Crippen molar-refractivity contribution in [1.82, 2.24) is 0 Å². The highest BCUT2D eigenvalue weighted by atomic mass is 14.4. The normalized spacial score (nSPS) is 18.6. The summed E-state index contributed by atoms with van der Waals surface area (Å²) < 4.78 is 0. The molecular formula is C31H39. The molecule has 2 aromatic carbocycles. The lowest BCUT2D eigenvalue weighted by Crippen LogP contribution is -2.16. The minimum Gasteiger partial charge on any atom is -0.0735 e. The summed E-state index contributed by atoms with van der Waals surface area (Å²) in [6.07, 6.45) is 7.40. The molecule has 163 valence electrons. The molecule has 1 radical (unpaired) electrons. The van der Waals surface area contributed by atoms with E-state index in [9.17, 15) is 0 Å². The second-order valence-corrected chi connectivity index (χ2v) is 12.7. The van der Waals surface area contributed by atoms with Crippen LogP contribution in [0.25, 0.3) is 16.7 Å². The predicted octanol–water partition coefficient (Wildman–Crippen LogP) is 8.87. The van der Waals surface area contributed by atoms with Gasteiger partial charge >= 0.3 is 0 Å².